The predicted octanol–water partition coefficient (Wildman–Crippen LogP) is 2.36. The molecule has 0 bridgehead atoms. The molecule has 1 heterocycles. The molecule has 1 fully saturated rings. The van der Waals surface area contributed by atoms with Crippen molar-refractivity contribution in [2.45, 2.75) is 56.6 Å². The van der Waals surface area contributed by atoms with Crippen molar-refractivity contribution in [1.82, 2.24) is 0 Å². The molecule has 3 nitrogen and oxygen atoms in total. The zero-order chi connectivity index (χ0) is 11.4. The molecule has 1 atom stereocenters. The van der Waals surface area contributed by atoms with Crippen LogP contribution in [0.1, 0.15) is 44.9 Å². The van der Waals surface area contributed by atoms with Crippen molar-refractivity contribution in [1.29, 1.82) is 0 Å². The molecule has 1 aliphatic heterocycles. The maximum Gasteiger partial charge on any atom is 0.112 e. The smallest absolute Gasteiger partial charge is 0.112 e. The molecule has 0 aromatic heterocycles. The van der Waals surface area contributed by atoms with Gasteiger partial charge in [0.05, 0.1) is 18.2 Å². The number of hydrogen-bond donors (Lipinski definition) is 1. The molecule has 1 saturated carbocycles. The van der Waals surface area contributed by atoms with E-state index in [1.54, 1.807) is 7.11 Å². The van der Waals surface area contributed by atoms with Crippen LogP contribution in [0.25, 0.3) is 0 Å². The Balaban J connectivity index is 2.10. The van der Waals surface area contributed by atoms with Crippen LogP contribution in [0.5, 0.6) is 0 Å². The van der Waals surface area contributed by atoms with E-state index < -0.39 is 0 Å². The first kappa shape index (κ1) is 11.9. The van der Waals surface area contributed by atoms with E-state index in [0.717, 1.165) is 38.0 Å². The predicted molar refractivity (Wildman–Crippen MR) is 64.1 cm³/mol. The Bertz CT molecular complexity index is 257. The highest BCUT2D eigenvalue weighted by atomic mass is 16.5. The van der Waals surface area contributed by atoms with Gasteiger partial charge in [-0.25, -0.2) is 0 Å². The fraction of sp³-hybridized carbons (Fsp3) is 0.846. The van der Waals surface area contributed by atoms with Crippen LogP contribution in [0.2, 0.25) is 0 Å². The second-order valence-electron chi connectivity index (χ2n) is 4.90. The molecule has 2 N–H and O–H groups in total. The van der Waals surface area contributed by atoms with Gasteiger partial charge >= 0.3 is 0 Å². The summed E-state index contributed by atoms with van der Waals surface area (Å²) in [5.41, 5.74) is 6.17. The Morgan fingerprint density at radius 1 is 1.31 bits per heavy atom. The molecule has 0 spiro atoms. The van der Waals surface area contributed by atoms with Gasteiger partial charge in [-0.1, -0.05) is 19.3 Å². The van der Waals surface area contributed by atoms with Gasteiger partial charge in [-0.3, -0.25) is 0 Å². The normalized spacial score (nSPS) is 26.8. The van der Waals surface area contributed by atoms with E-state index in [1.807, 2.05) is 0 Å². The maximum atomic E-state index is 6.35. The summed E-state index contributed by atoms with van der Waals surface area (Å²) in [6, 6.07) is -0.0851. The molecular weight excluding hydrogens is 202 g/mol. The van der Waals surface area contributed by atoms with Crippen LogP contribution in [0.4, 0.5) is 0 Å². The van der Waals surface area contributed by atoms with E-state index in [2.05, 4.69) is 6.08 Å². The van der Waals surface area contributed by atoms with Crippen molar-refractivity contribution >= 4 is 0 Å². The van der Waals surface area contributed by atoms with Gasteiger partial charge in [0.25, 0.3) is 0 Å². The van der Waals surface area contributed by atoms with Gasteiger partial charge in [-0.15, -0.1) is 0 Å². The van der Waals surface area contributed by atoms with E-state index in [1.165, 1.54) is 19.3 Å². The molecule has 16 heavy (non-hydrogen) atoms. The van der Waals surface area contributed by atoms with Crippen molar-refractivity contribution < 1.29 is 9.47 Å². The van der Waals surface area contributed by atoms with Gasteiger partial charge < -0.3 is 15.2 Å². The average molecular weight is 225 g/mol. The van der Waals surface area contributed by atoms with Crippen molar-refractivity contribution in [3.05, 3.63) is 11.8 Å². The lowest BCUT2D eigenvalue weighted by atomic mass is 9.78. The van der Waals surface area contributed by atoms with Gasteiger partial charge in [0.1, 0.15) is 5.76 Å². The summed E-state index contributed by atoms with van der Waals surface area (Å²) in [4.78, 5) is 0. The van der Waals surface area contributed by atoms with E-state index in [9.17, 15) is 0 Å². The fourth-order valence-corrected chi connectivity index (χ4v) is 2.84. The van der Waals surface area contributed by atoms with Crippen molar-refractivity contribution in [3.8, 4) is 0 Å². The Labute approximate surface area is 98.0 Å². The third-order valence-corrected chi connectivity index (χ3v) is 3.94. The van der Waals surface area contributed by atoms with Gasteiger partial charge in [-0.2, -0.15) is 0 Å². The van der Waals surface area contributed by atoms with Crippen molar-refractivity contribution in [3.63, 3.8) is 0 Å². The van der Waals surface area contributed by atoms with Crippen LogP contribution < -0.4 is 5.73 Å². The number of allylic oxidation sites excluding steroid dienone is 1. The molecule has 0 saturated heterocycles. The van der Waals surface area contributed by atoms with Crippen LogP contribution >= 0.6 is 0 Å². The van der Waals surface area contributed by atoms with Gasteiger partial charge in [0.2, 0.25) is 0 Å². The third-order valence-electron chi connectivity index (χ3n) is 3.94. The monoisotopic (exact) mass is 225 g/mol. The molecule has 1 unspecified atom stereocenters. The Hall–Kier alpha value is -0.540. The third kappa shape index (κ3) is 2.25. The average Bonchev–Trinajstić information content (AvgIpc) is 2.39. The fourth-order valence-electron chi connectivity index (χ4n) is 2.84. The first-order chi connectivity index (χ1) is 7.78. The van der Waals surface area contributed by atoms with Crippen LogP contribution in [0.15, 0.2) is 11.8 Å². The standard InChI is InChI=1S/C13H23NO2/c1-15-13(8-4-2-5-9-13)12(14)11-7-3-6-10-16-11/h7,12H,2-6,8-10,14H2,1H3. The SMILES string of the molecule is COC1(C(N)C2=CCCCO2)CCCCC1. The quantitative estimate of drug-likeness (QED) is 0.802. The molecule has 2 rings (SSSR count). The highest BCUT2D eigenvalue weighted by molar-refractivity contribution is 5.13. The molecule has 0 radical (unpaired) electrons. The molecule has 92 valence electrons. The lowest BCUT2D eigenvalue weighted by Crippen LogP contribution is -2.52. The first-order valence-electron chi connectivity index (χ1n) is 6.42. The molecule has 0 amide bonds. The number of ether oxygens (including phenoxy) is 2. The summed E-state index contributed by atoms with van der Waals surface area (Å²) >= 11 is 0. The number of hydrogen-bond acceptors (Lipinski definition) is 3. The number of methoxy groups -OCH3 is 1. The highest BCUT2D eigenvalue weighted by Crippen LogP contribution is 2.36. The van der Waals surface area contributed by atoms with Crippen LogP contribution in [-0.2, 0) is 9.47 Å². The van der Waals surface area contributed by atoms with E-state index in [4.69, 9.17) is 15.2 Å². The van der Waals surface area contributed by atoms with Crippen LogP contribution in [-0.4, -0.2) is 25.4 Å². The summed E-state index contributed by atoms with van der Waals surface area (Å²) in [6.45, 7) is 0.805. The summed E-state index contributed by atoms with van der Waals surface area (Å²) < 4.78 is 11.4. The Morgan fingerprint density at radius 3 is 2.62 bits per heavy atom. The first-order valence-corrected chi connectivity index (χ1v) is 6.42. The maximum absolute atomic E-state index is 6.35. The summed E-state index contributed by atoms with van der Waals surface area (Å²) in [5, 5.41) is 0. The zero-order valence-corrected chi connectivity index (χ0v) is 10.2. The lowest BCUT2D eigenvalue weighted by Gasteiger charge is -2.41. The molecule has 1 aliphatic carbocycles. The summed E-state index contributed by atoms with van der Waals surface area (Å²) in [5.74, 6) is 0.954. The second-order valence-corrected chi connectivity index (χ2v) is 4.90. The Kier molecular flexibility index (Phi) is 3.87. The van der Waals surface area contributed by atoms with Gasteiger partial charge in [-0.05, 0) is 31.8 Å². The summed E-state index contributed by atoms with van der Waals surface area (Å²) in [6.07, 6.45) is 10.2. The molecule has 2 aliphatic rings. The minimum Gasteiger partial charge on any atom is -0.496 e. The number of rotatable bonds is 3. The van der Waals surface area contributed by atoms with Gasteiger partial charge in [0.15, 0.2) is 0 Å². The topological polar surface area (TPSA) is 44.5 Å². The largest absolute Gasteiger partial charge is 0.496 e. The molecule has 0 aromatic carbocycles. The van der Waals surface area contributed by atoms with E-state index >= 15 is 0 Å². The molecule has 0 aromatic rings. The minimum atomic E-state index is -0.179. The van der Waals surface area contributed by atoms with Crippen molar-refractivity contribution in [2.75, 3.05) is 13.7 Å². The minimum absolute atomic E-state index is 0.0851. The Morgan fingerprint density at radius 2 is 2.06 bits per heavy atom. The zero-order valence-electron chi connectivity index (χ0n) is 10.2. The van der Waals surface area contributed by atoms with Gasteiger partial charge in [0, 0.05) is 7.11 Å². The summed E-state index contributed by atoms with van der Waals surface area (Å²) in [7, 11) is 1.79. The molecule has 3 heteroatoms. The second kappa shape index (κ2) is 5.19. The van der Waals surface area contributed by atoms with E-state index in [-0.39, 0.29) is 11.6 Å². The number of nitrogens with two attached hydrogens (primary N) is 1. The lowest BCUT2D eigenvalue weighted by molar-refractivity contribution is -0.0623. The van der Waals surface area contributed by atoms with Crippen LogP contribution in [0.3, 0.4) is 0 Å². The highest BCUT2D eigenvalue weighted by Gasteiger charge is 2.40. The van der Waals surface area contributed by atoms with E-state index in [0.29, 0.717) is 0 Å². The van der Waals surface area contributed by atoms with Crippen LogP contribution in [0, 0.1) is 0 Å². The molecular formula is C13H23NO2. The van der Waals surface area contributed by atoms with Crippen molar-refractivity contribution in [2.24, 2.45) is 5.73 Å².